The molecule has 1 aliphatic rings. The van der Waals surface area contributed by atoms with Crippen molar-refractivity contribution in [3.63, 3.8) is 0 Å². The van der Waals surface area contributed by atoms with Gasteiger partial charge >= 0.3 is 0 Å². The van der Waals surface area contributed by atoms with Crippen molar-refractivity contribution in [1.82, 2.24) is 14.9 Å². The van der Waals surface area contributed by atoms with E-state index in [-0.39, 0.29) is 11.9 Å². The number of nitrogen functional groups attached to an aromatic ring is 1. The van der Waals surface area contributed by atoms with Gasteiger partial charge in [0.1, 0.15) is 0 Å². The predicted molar refractivity (Wildman–Crippen MR) is 103 cm³/mol. The van der Waals surface area contributed by atoms with Crippen LogP contribution >= 0.6 is 0 Å². The van der Waals surface area contributed by atoms with Gasteiger partial charge in [-0.15, -0.1) is 0 Å². The highest BCUT2D eigenvalue weighted by Gasteiger charge is 2.22. The SMILES string of the molecule is Nc1cc(C=CC(=O)NC2CCc3ccccc32)ccc1-n1ccnc1. The van der Waals surface area contributed by atoms with Crippen LogP contribution < -0.4 is 11.1 Å². The number of hydrogen-bond acceptors (Lipinski definition) is 3. The third-order valence-corrected chi connectivity index (χ3v) is 4.71. The smallest absolute Gasteiger partial charge is 0.244 e. The van der Waals surface area contributed by atoms with Crippen LogP contribution in [0.5, 0.6) is 0 Å². The molecule has 3 N–H and O–H groups in total. The van der Waals surface area contributed by atoms with Gasteiger partial charge in [0, 0.05) is 18.5 Å². The maximum atomic E-state index is 12.3. The van der Waals surface area contributed by atoms with Gasteiger partial charge in [0.2, 0.25) is 5.91 Å². The van der Waals surface area contributed by atoms with E-state index in [0.29, 0.717) is 5.69 Å². The number of imidazole rings is 1. The molecule has 0 radical (unpaired) electrons. The number of aryl methyl sites for hydroxylation is 1. The van der Waals surface area contributed by atoms with Crippen molar-refractivity contribution in [2.75, 3.05) is 5.73 Å². The molecule has 5 heteroatoms. The molecule has 1 amide bonds. The van der Waals surface area contributed by atoms with Crippen LogP contribution in [0.15, 0.2) is 67.3 Å². The second-order valence-electron chi connectivity index (χ2n) is 6.42. The molecular weight excluding hydrogens is 324 g/mol. The van der Waals surface area contributed by atoms with Crippen molar-refractivity contribution in [2.24, 2.45) is 0 Å². The molecule has 1 unspecified atom stereocenters. The van der Waals surface area contributed by atoms with Crippen molar-refractivity contribution in [3.05, 3.63) is 84.0 Å². The molecule has 0 aliphatic heterocycles. The third-order valence-electron chi connectivity index (χ3n) is 4.71. The Morgan fingerprint density at radius 3 is 2.96 bits per heavy atom. The van der Waals surface area contributed by atoms with Crippen molar-refractivity contribution >= 4 is 17.7 Å². The number of nitrogens with one attached hydrogen (secondary N) is 1. The number of carbonyl (C=O) groups is 1. The highest BCUT2D eigenvalue weighted by Crippen LogP contribution is 2.30. The van der Waals surface area contributed by atoms with Crippen LogP contribution in [0.25, 0.3) is 11.8 Å². The number of aromatic nitrogens is 2. The Morgan fingerprint density at radius 2 is 2.15 bits per heavy atom. The molecular formula is C21H20N4O. The van der Waals surface area contributed by atoms with Crippen LogP contribution in [0.2, 0.25) is 0 Å². The van der Waals surface area contributed by atoms with E-state index in [9.17, 15) is 4.79 Å². The Labute approximate surface area is 152 Å². The highest BCUT2D eigenvalue weighted by atomic mass is 16.1. The molecule has 1 heterocycles. The molecule has 0 spiro atoms. The summed E-state index contributed by atoms with van der Waals surface area (Å²) in [7, 11) is 0. The van der Waals surface area contributed by atoms with E-state index in [1.54, 1.807) is 24.7 Å². The first-order valence-corrected chi connectivity index (χ1v) is 8.65. The Balaban J connectivity index is 1.43. The van der Waals surface area contributed by atoms with E-state index < -0.39 is 0 Å². The third kappa shape index (κ3) is 3.24. The second-order valence-corrected chi connectivity index (χ2v) is 6.42. The molecule has 0 bridgehead atoms. The molecule has 0 saturated carbocycles. The van der Waals surface area contributed by atoms with E-state index in [1.807, 2.05) is 41.1 Å². The quantitative estimate of drug-likeness (QED) is 0.563. The van der Waals surface area contributed by atoms with Crippen molar-refractivity contribution in [3.8, 4) is 5.69 Å². The molecule has 1 aromatic heterocycles. The van der Waals surface area contributed by atoms with Gasteiger partial charge in [0.15, 0.2) is 0 Å². The largest absolute Gasteiger partial charge is 0.397 e. The van der Waals surface area contributed by atoms with Gasteiger partial charge in [-0.1, -0.05) is 30.3 Å². The van der Waals surface area contributed by atoms with E-state index >= 15 is 0 Å². The average Bonchev–Trinajstić information content (AvgIpc) is 3.31. The topological polar surface area (TPSA) is 72.9 Å². The number of nitrogens with zero attached hydrogens (tertiary/aromatic N) is 2. The molecule has 1 atom stereocenters. The van der Waals surface area contributed by atoms with Gasteiger partial charge in [-0.3, -0.25) is 4.79 Å². The zero-order valence-electron chi connectivity index (χ0n) is 14.3. The molecule has 4 rings (SSSR count). The van der Waals surface area contributed by atoms with Crippen LogP contribution in [-0.2, 0) is 11.2 Å². The monoisotopic (exact) mass is 344 g/mol. The number of benzene rings is 2. The van der Waals surface area contributed by atoms with Crippen LogP contribution in [0.3, 0.4) is 0 Å². The van der Waals surface area contributed by atoms with Gasteiger partial charge in [-0.2, -0.15) is 0 Å². The average molecular weight is 344 g/mol. The fourth-order valence-corrected chi connectivity index (χ4v) is 3.41. The van der Waals surface area contributed by atoms with Crippen molar-refractivity contribution < 1.29 is 4.79 Å². The van der Waals surface area contributed by atoms with Crippen LogP contribution in [-0.4, -0.2) is 15.5 Å². The van der Waals surface area contributed by atoms with E-state index in [4.69, 9.17) is 5.73 Å². The van der Waals surface area contributed by atoms with E-state index in [1.165, 1.54) is 11.1 Å². The number of nitrogens with two attached hydrogens (primary N) is 1. The number of amides is 1. The summed E-state index contributed by atoms with van der Waals surface area (Å²) in [6.45, 7) is 0. The van der Waals surface area contributed by atoms with Crippen LogP contribution in [0, 0.1) is 0 Å². The zero-order chi connectivity index (χ0) is 17.9. The summed E-state index contributed by atoms with van der Waals surface area (Å²) in [6, 6.07) is 14.1. The molecule has 0 saturated heterocycles. The summed E-state index contributed by atoms with van der Waals surface area (Å²) in [6.07, 6.45) is 10.6. The number of anilines is 1. The minimum absolute atomic E-state index is 0.0936. The molecule has 130 valence electrons. The molecule has 3 aromatic rings. The first kappa shape index (κ1) is 16.1. The minimum Gasteiger partial charge on any atom is -0.397 e. The number of carbonyl (C=O) groups excluding carboxylic acids is 1. The molecule has 26 heavy (non-hydrogen) atoms. The molecule has 1 aliphatic carbocycles. The summed E-state index contributed by atoms with van der Waals surface area (Å²) >= 11 is 0. The fraction of sp³-hybridized carbons (Fsp3) is 0.143. The molecule has 5 nitrogen and oxygen atoms in total. The first-order valence-electron chi connectivity index (χ1n) is 8.65. The lowest BCUT2D eigenvalue weighted by atomic mass is 10.1. The lowest BCUT2D eigenvalue weighted by molar-refractivity contribution is -0.117. The van der Waals surface area contributed by atoms with Crippen molar-refractivity contribution in [2.45, 2.75) is 18.9 Å². The number of hydrogen-bond donors (Lipinski definition) is 2. The molecule has 0 fully saturated rings. The summed E-state index contributed by atoms with van der Waals surface area (Å²) in [5, 5.41) is 3.08. The van der Waals surface area contributed by atoms with Gasteiger partial charge in [-0.25, -0.2) is 4.98 Å². The van der Waals surface area contributed by atoms with Gasteiger partial charge in [0.05, 0.1) is 23.7 Å². The summed E-state index contributed by atoms with van der Waals surface area (Å²) < 4.78 is 1.85. The lowest BCUT2D eigenvalue weighted by Crippen LogP contribution is -2.25. The number of rotatable bonds is 4. The minimum atomic E-state index is -0.0936. The first-order chi connectivity index (χ1) is 12.7. The maximum absolute atomic E-state index is 12.3. The second kappa shape index (κ2) is 6.88. The van der Waals surface area contributed by atoms with Crippen LogP contribution in [0.1, 0.15) is 29.2 Å². The standard InChI is InChI=1S/C21H20N4O/c22-18-13-15(5-9-20(18)25-12-11-23-14-25)6-10-21(26)24-19-8-7-16-3-1-2-4-17(16)19/h1-6,9-14,19H,7-8,22H2,(H,24,26). The summed E-state index contributed by atoms with van der Waals surface area (Å²) in [5.41, 5.74) is 11.1. The normalized spacial score (nSPS) is 15.9. The van der Waals surface area contributed by atoms with E-state index in [2.05, 4.69) is 22.4 Å². The van der Waals surface area contributed by atoms with E-state index in [0.717, 1.165) is 24.1 Å². The van der Waals surface area contributed by atoms with Crippen LogP contribution in [0.4, 0.5) is 5.69 Å². The Bertz CT molecular complexity index is 960. The van der Waals surface area contributed by atoms with Crippen molar-refractivity contribution in [1.29, 1.82) is 0 Å². The summed E-state index contributed by atoms with van der Waals surface area (Å²) in [5.74, 6) is -0.0936. The Morgan fingerprint density at radius 1 is 1.27 bits per heavy atom. The predicted octanol–water partition coefficient (Wildman–Crippen LogP) is 3.27. The number of fused-ring (bicyclic) bond motifs is 1. The zero-order valence-corrected chi connectivity index (χ0v) is 14.3. The van der Waals surface area contributed by atoms with Gasteiger partial charge in [-0.05, 0) is 47.7 Å². The van der Waals surface area contributed by atoms with Gasteiger partial charge < -0.3 is 15.6 Å². The fourth-order valence-electron chi connectivity index (χ4n) is 3.41. The lowest BCUT2D eigenvalue weighted by Gasteiger charge is -2.12. The highest BCUT2D eigenvalue weighted by molar-refractivity contribution is 5.92. The Hall–Kier alpha value is -3.34. The summed E-state index contributed by atoms with van der Waals surface area (Å²) in [4.78, 5) is 16.3. The molecule has 2 aromatic carbocycles. The Kier molecular flexibility index (Phi) is 4.27. The maximum Gasteiger partial charge on any atom is 0.244 e. The van der Waals surface area contributed by atoms with Gasteiger partial charge in [0.25, 0.3) is 0 Å².